The van der Waals surface area contributed by atoms with E-state index < -0.39 is 11.4 Å². The van der Waals surface area contributed by atoms with Gasteiger partial charge in [0.05, 0.1) is 18.8 Å². The number of ether oxygens (including phenoxy) is 2. The Morgan fingerprint density at radius 2 is 1.84 bits per heavy atom. The minimum absolute atomic E-state index is 0.135. The van der Waals surface area contributed by atoms with Crippen LogP contribution >= 0.6 is 0 Å². The van der Waals surface area contributed by atoms with Crippen LogP contribution in [0.5, 0.6) is 0 Å². The molecule has 19 heavy (non-hydrogen) atoms. The summed E-state index contributed by atoms with van der Waals surface area (Å²) in [6.07, 6.45) is 7.17. The van der Waals surface area contributed by atoms with E-state index in [9.17, 15) is 5.11 Å². The van der Waals surface area contributed by atoms with E-state index in [-0.39, 0.29) is 16.7 Å². The molecule has 0 aromatic heterocycles. The van der Waals surface area contributed by atoms with Crippen molar-refractivity contribution in [3.05, 3.63) is 12.2 Å². The lowest BCUT2D eigenvalue weighted by Gasteiger charge is -2.72. The van der Waals surface area contributed by atoms with Gasteiger partial charge in [0, 0.05) is 23.2 Å². The highest BCUT2D eigenvalue weighted by molar-refractivity contribution is 5.28. The second-order valence-electron chi connectivity index (χ2n) is 7.71. The fraction of sp³-hybridized carbons (Fsp3) is 0.875. The first-order chi connectivity index (χ1) is 8.86. The Labute approximate surface area is 115 Å². The van der Waals surface area contributed by atoms with Crippen LogP contribution in [0.25, 0.3) is 0 Å². The Balaban J connectivity index is 1.90. The van der Waals surface area contributed by atoms with E-state index in [1.54, 1.807) is 0 Å². The maximum atomic E-state index is 11.5. The predicted octanol–water partition coefficient (Wildman–Crippen LogP) is 2.49. The molecule has 0 aromatic rings. The van der Waals surface area contributed by atoms with Gasteiger partial charge in [0.1, 0.15) is 0 Å². The first kappa shape index (κ1) is 12.4. The lowest BCUT2D eigenvalue weighted by molar-refractivity contribution is -0.365. The van der Waals surface area contributed by atoms with Crippen molar-refractivity contribution < 1.29 is 14.6 Å². The average Bonchev–Trinajstić information content (AvgIpc) is 2.76. The van der Waals surface area contributed by atoms with Crippen LogP contribution in [0.15, 0.2) is 12.2 Å². The Bertz CT molecular complexity index is 449. The monoisotopic (exact) mass is 264 g/mol. The summed E-state index contributed by atoms with van der Waals surface area (Å²) in [5.74, 6) is 0.304. The van der Waals surface area contributed by atoms with E-state index in [0.29, 0.717) is 19.1 Å². The molecule has 4 aliphatic carbocycles. The zero-order chi connectivity index (χ0) is 13.5. The SMILES string of the molecule is CC1(C)[C@H]2C[C@H]3C=CC[C@@]1(O)[C@]3(C)CC21OCCO1. The Morgan fingerprint density at radius 1 is 1.16 bits per heavy atom. The second-order valence-corrected chi connectivity index (χ2v) is 7.71. The zero-order valence-electron chi connectivity index (χ0n) is 12.1. The lowest BCUT2D eigenvalue weighted by atomic mass is 9.36. The number of aliphatic hydroxyl groups is 1. The van der Waals surface area contributed by atoms with Crippen molar-refractivity contribution in [1.29, 1.82) is 0 Å². The molecule has 1 aliphatic heterocycles. The summed E-state index contributed by atoms with van der Waals surface area (Å²) in [7, 11) is 0. The number of rotatable bonds is 0. The van der Waals surface area contributed by atoms with Gasteiger partial charge in [-0.1, -0.05) is 32.9 Å². The van der Waals surface area contributed by atoms with Crippen LogP contribution in [0.2, 0.25) is 0 Å². The van der Waals surface area contributed by atoms with Gasteiger partial charge in [-0.2, -0.15) is 0 Å². The molecule has 3 nitrogen and oxygen atoms in total. The van der Waals surface area contributed by atoms with Crippen LogP contribution in [0.4, 0.5) is 0 Å². The maximum Gasteiger partial charge on any atom is 0.172 e. The molecule has 4 atom stereocenters. The molecule has 4 fully saturated rings. The van der Waals surface area contributed by atoms with Gasteiger partial charge in [0.2, 0.25) is 0 Å². The van der Waals surface area contributed by atoms with Crippen LogP contribution in [-0.2, 0) is 9.47 Å². The summed E-state index contributed by atoms with van der Waals surface area (Å²) in [4.78, 5) is 0. The fourth-order valence-corrected chi connectivity index (χ4v) is 5.75. The van der Waals surface area contributed by atoms with Gasteiger partial charge in [-0.15, -0.1) is 0 Å². The van der Waals surface area contributed by atoms with Gasteiger partial charge in [0.15, 0.2) is 5.79 Å². The summed E-state index contributed by atoms with van der Waals surface area (Å²) in [5.41, 5.74) is -0.946. The summed E-state index contributed by atoms with van der Waals surface area (Å²) in [5, 5.41) is 11.5. The van der Waals surface area contributed by atoms with Gasteiger partial charge < -0.3 is 14.6 Å². The molecule has 0 amide bonds. The van der Waals surface area contributed by atoms with Gasteiger partial charge in [-0.3, -0.25) is 0 Å². The molecule has 106 valence electrons. The first-order valence-electron chi connectivity index (χ1n) is 7.53. The van der Waals surface area contributed by atoms with Crippen LogP contribution in [0.1, 0.15) is 40.0 Å². The Hall–Kier alpha value is -0.380. The quantitative estimate of drug-likeness (QED) is 0.683. The molecule has 1 spiro atoms. The first-order valence-corrected chi connectivity index (χ1v) is 7.53. The average molecular weight is 264 g/mol. The lowest BCUT2D eigenvalue weighted by Crippen LogP contribution is -2.76. The fourth-order valence-electron chi connectivity index (χ4n) is 5.75. The van der Waals surface area contributed by atoms with Crippen LogP contribution in [-0.4, -0.2) is 29.7 Å². The van der Waals surface area contributed by atoms with Crippen LogP contribution in [0.3, 0.4) is 0 Å². The molecule has 5 rings (SSSR count). The number of hydrogen-bond donors (Lipinski definition) is 1. The highest BCUT2D eigenvalue weighted by Crippen LogP contribution is 2.72. The van der Waals surface area contributed by atoms with Crippen LogP contribution < -0.4 is 0 Å². The third-order valence-electron chi connectivity index (χ3n) is 6.89. The van der Waals surface area contributed by atoms with Gasteiger partial charge in [0.25, 0.3) is 0 Å². The molecule has 0 radical (unpaired) electrons. The number of hydrogen-bond acceptors (Lipinski definition) is 3. The van der Waals surface area contributed by atoms with Crippen molar-refractivity contribution in [2.24, 2.45) is 22.7 Å². The van der Waals surface area contributed by atoms with E-state index >= 15 is 0 Å². The van der Waals surface area contributed by atoms with Crippen molar-refractivity contribution in [2.75, 3.05) is 13.2 Å². The maximum absolute atomic E-state index is 11.5. The standard InChI is InChI=1S/C16H24O3/c1-13(2)12-9-11-5-4-6-16(13,17)14(11,3)10-15(12)18-7-8-19-15/h4-5,11-12,17H,6-10H2,1-3H3/t11-,12-,14-,16+/m1/s1. The molecule has 0 unspecified atom stereocenters. The molecule has 1 N–H and O–H groups in total. The molecular formula is C16H24O3. The molecule has 1 saturated heterocycles. The van der Waals surface area contributed by atoms with E-state index in [2.05, 4.69) is 32.9 Å². The van der Waals surface area contributed by atoms with Crippen molar-refractivity contribution >= 4 is 0 Å². The third kappa shape index (κ3) is 1.13. The van der Waals surface area contributed by atoms with Crippen LogP contribution in [0, 0.1) is 22.7 Å². The van der Waals surface area contributed by atoms with Gasteiger partial charge in [-0.25, -0.2) is 0 Å². The van der Waals surface area contributed by atoms with Crippen molar-refractivity contribution in [3.8, 4) is 0 Å². The Morgan fingerprint density at radius 3 is 2.53 bits per heavy atom. The van der Waals surface area contributed by atoms with Gasteiger partial charge in [-0.05, 0) is 18.8 Å². The van der Waals surface area contributed by atoms with E-state index in [0.717, 1.165) is 19.3 Å². The smallest absolute Gasteiger partial charge is 0.172 e. The topological polar surface area (TPSA) is 38.7 Å². The summed E-state index contributed by atoms with van der Waals surface area (Å²) < 4.78 is 12.1. The van der Waals surface area contributed by atoms with Crippen molar-refractivity contribution in [1.82, 2.24) is 0 Å². The largest absolute Gasteiger partial charge is 0.388 e. The van der Waals surface area contributed by atoms with Gasteiger partial charge >= 0.3 is 0 Å². The van der Waals surface area contributed by atoms with Crippen molar-refractivity contribution in [2.45, 2.75) is 51.4 Å². The zero-order valence-corrected chi connectivity index (χ0v) is 12.1. The van der Waals surface area contributed by atoms with E-state index in [4.69, 9.17) is 9.47 Å². The predicted molar refractivity (Wildman–Crippen MR) is 71.4 cm³/mol. The Kier molecular flexibility index (Phi) is 2.12. The molecule has 4 bridgehead atoms. The highest BCUT2D eigenvalue weighted by atomic mass is 16.7. The molecule has 0 aromatic carbocycles. The second kappa shape index (κ2) is 3.26. The minimum atomic E-state index is -0.636. The normalized spacial score (nSPS) is 52.8. The number of allylic oxidation sites excluding steroid dienone is 1. The summed E-state index contributed by atoms with van der Waals surface area (Å²) in [6, 6.07) is 0. The van der Waals surface area contributed by atoms with Crippen molar-refractivity contribution in [3.63, 3.8) is 0 Å². The molecule has 1 heterocycles. The highest BCUT2D eigenvalue weighted by Gasteiger charge is 2.75. The third-order valence-corrected chi connectivity index (χ3v) is 6.89. The summed E-state index contributed by atoms with van der Waals surface area (Å²) in [6.45, 7) is 8.04. The molecule has 3 heteroatoms. The molecular weight excluding hydrogens is 240 g/mol. The van der Waals surface area contributed by atoms with E-state index in [1.165, 1.54) is 0 Å². The molecule has 5 aliphatic rings. The minimum Gasteiger partial charge on any atom is -0.388 e. The summed E-state index contributed by atoms with van der Waals surface area (Å²) >= 11 is 0. The molecule has 3 saturated carbocycles. The van der Waals surface area contributed by atoms with E-state index in [1.807, 2.05) is 0 Å².